The summed E-state index contributed by atoms with van der Waals surface area (Å²) in [6, 6.07) is 7.57. The summed E-state index contributed by atoms with van der Waals surface area (Å²) in [5.74, 6) is 2.77. The predicted octanol–water partition coefficient (Wildman–Crippen LogP) is 7.01. The number of hydrogen-bond acceptors (Lipinski definition) is 7. The number of carbonyl (C=O) groups excluding carboxylic acids is 1. The van der Waals surface area contributed by atoms with Crippen molar-refractivity contribution in [2.45, 2.75) is 46.5 Å². The van der Waals surface area contributed by atoms with E-state index in [-0.39, 0.29) is 0 Å². The number of fused-ring (bicyclic) bond motifs is 1. The molecular weight excluding hydrogens is 484 g/mol. The van der Waals surface area contributed by atoms with E-state index >= 15 is 0 Å². The molecule has 3 aromatic carbocycles. The first-order chi connectivity index (χ1) is 18.3. The molecule has 0 amide bonds. The zero-order valence-corrected chi connectivity index (χ0v) is 24.1. The number of carbonyl (C=O) groups is 1. The quantitative estimate of drug-likeness (QED) is 0.236. The molecule has 0 aliphatic carbocycles. The van der Waals surface area contributed by atoms with E-state index < -0.39 is 5.97 Å². The zero-order valence-electron chi connectivity index (χ0n) is 24.1. The van der Waals surface area contributed by atoms with Gasteiger partial charge in [-0.15, -0.1) is 0 Å². The average molecular weight is 525 g/mol. The molecule has 0 N–H and O–H groups in total. The highest BCUT2D eigenvalue weighted by atomic mass is 16.5. The summed E-state index contributed by atoms with van der Waals surface area (Å²) >= 11 is 0. The van der Waals surface area contributed by atoms with Gasteiger partial charge in [-0.25, -0.2) is 4.79 Å². The molecule has 0 atom stereocenters. The number of ether oxygens (including phenoxy) is 6. The summed E-state index contributed by atoms with van der Waals surface area (Å²) in [7, 11) is 9.35. The first-order valence-corrected chi connectivity index (χ1v) is 12.9. The van der Waals surface area contributed by atoms with Gasteiger partial charge in [0, 0.05) is 10.9 Å². The number of benzene rings is 3. The number of rotatable bonds is 12. The molecule has 0 heterocycles. The molecule has 3 aromatic rings. The first-order valence-electron chi connectivity index (χ1n) is 12.9. The van der Waals surface area contributed by atoms with E-state index in [1.165, 1.54) is 7.11 Å². The van der Waals surface area contributed by atoms with E-state index in [1.807, 2.05) is 31.2 Å². The number of aryl methyl sites for hydroxylation is 1. The lowest BCUT2D eigenvalue weighted by Crippen LogP contribution is -2.13. The Kier molecular flexibility index (Phi) is 9.72. The second-order valence-electron chi connectivity index (χ2n) is 9.20. The van der Waals surface area contributed by atoms with Gasteiger partial charge in [0.1, 0.15) is 0 Å². The van der Waals surface area contributed by atoms with Gasteiger partial charge in [0.25, 0.3) is 0 Å². The van der Waals surface area contributed by atoms with Gasteiger partial charge >= 0.3 is 5.97 Å². The molecule has 0 spiro atoms. The molecule has 0 saturated carbocycles. The Morgan fingerprint density at radius 2 is 1.42 bits per heavy atom. The summed E-state index contributed by atoms with van der Waals surface area (Å²) < 4.78 is 33.9. The highest BCUT2D eigenvalue weighted by molar-refractivity contribution is 6.14. The van der Waals surface area contributed by atoms with Crippen molar-refractivity contribution in [2.24, 2.45) is 5.92 Å². The van der Waals surface area contributed by atoms with Crippen LogP contribution in [-0.4, -0.2) is 48.6 Å². The highest BCUT2D eigenvalue weighted by Gasteiger charge is 2.29. The van der Waals surface area contributed by atoms with Crippen molar-refractivity contribution in [3.8, 4) is 39.9 Å². The van der Waals surface area contributed by atoms with E-state index in [9.17, 15) is 4.79 Å². The maximum atomic E-state index is 13.6. The molecule has 0 fully saturated rings. The van der Waals surface area contributed by atoms with Crippen molar-refractivity contribution in [3.63, 3.8) is 0 Å². The lowest BCUT2D eigenvalue weighted by atomic mass is 9.82. The second kappa shape index (κ2) is 12.8. The Labute approximate surface area is 225 Å². The Bertz CT molecular complexity index is 1290. The van der Waals surface area contributed by atoms with Crippen LogP contribution in [0.2, 0.25) is 0 Å². The van der Waals surface area contributed by atoms with E-state index in [0.717, 1.165) is 53.1 Å². The normalized spacial score (nSPS) is 11.0. The molecule has 0 saturated heterocycles. The maximum Gasteiger partial charge on any atom is 0.338 e. The summed E-state index contributed by atoms with van der Waals surface area (Å²) in [5, 5.41) is 1.65. The van der Waals surface area contributed by atoms with Crippen molar-refractivity contribution in [1.82, 2.24) is 0 Å². The average Bonchev–Trinajstić information content (AvgIpc) is 2.96. The van der Waals surface area contributed by atoms with Crippen molar-refractivity contribution >= 4 is 16.7 Å². The van der Waals surface area contributed by atoms with Crippen LogP contribution in [-0.2, 0) is 11.2 Å². The van der Waals surface area contributed by atoms with Crippen molar-refractivity contribution in [3.05, 3.63) is 41.0 Å². The summed E-state index contributed by atoms with van der Waals surface area (Å²) in [6.07, 6.45) is 3.85. The molecule has 7 heteroatoms. The molecule has 0 unspecified atom stereocenters. The third-order valence-electron chi connectivity index (χ3n) is 7.51. The van der Waals surface area contributed by atoms with Gasteiger partial charge in [-0.3, -0.25) is 0 Å². The predicted molar refractivity (Wildman–Crippen MR) is 151 cm³/mol. The zero-order chi connectivity index (χ0) is 28.0. The van der Waals surface area contributed by atoms with Crippen LogP contribution in [0.5, 0.6) is 28.7 Å². The van der Waals surface area contributed by atoms with Crippen LogP contribution in [0.4, 0.5) is 0 Å². The molecule has 206 valence electrons. The number of hydrogen-bond donors (Lipinski definition) is 0. The van der Waals surface area contributed by atoms with Gasteiger partial charge in [-0.2, -0.15) is 0 Å². The van der Waals surface area contributed by atoms with E-state index in [4.69, 9.17) is 28.4 Å². The minimum atomic E-state index is -0.406. The molecule has 0 aliphatic rings. The first kappa shape index (κ1) is 29.0. The Morgan fingerprint density at radius 3 is 1.95 bits per heavy atom. The van der Waals surface area contributed by atoms with E-state index in [0.29, 0.717) is 45.8 Å². The van der Waals surface area contributed by atoms with Gasteiger partial charge < -0.3 is 28.4 Å². The third kappa shape index (κ3) is 5.19. The van der Waals surface area contributed by atoms with E-state index in [2.05, 4.69) is 13.8 Å². The molecule has 0 aromatic heterocycles. The lowest BCUT2D eigenvalue weighted by molar-refractivity contribution is 0.0600. The highest BCUT2D eigenvalue weighted by Crippen LogP contribution is 2.51. The van der Waals surface area contributed by atoms with Crippen molar-refractivity contribution in [2.75, 3.05) is 42.7 Å². The summed E-state index contributed by atoms with van der Waals surface area (Å²) in [5.41, 5.74) is 3.91. The van der Waals surface area contributed by atoms with Crippen LogP contribution in [0, 0.1) is 12.8 Å². The van der Waals surface area contributed by atoms with Crippen molar-refractivity contribution < 1.29 is 33.2 Å². The summed E-state index contributed by atoms with van der Waals surface area (Å²) in [4.78, 5) is 13.6. The van der Waals surface area contributed by atoms with Crippen LogP contribution in [0.3, 0.4) is 0 Å². The molecule has 3 rings (SSSR count). The molecule has 0 aliphatic heterocycles. The molecular formula is C31H40O7. The fraction of sp³-hybridized carbons (Fsp3) is 0.452. The molecule has 0 radical (unpaired) electrons. The third-order valence-corrected chi connectivity index (χ3v) is 7.51. The smallest absolute Gasteiger partial charge is 0.338 e. The van der Waals surface area contributed by atoms with Crippen LogP contribution < -0.4 is 23.7 Å². The van der Waals surface area contributed by atoms with Crippen molar-refractivity contribution in [1.29, 1.82) is 0 Å². The van der Waals surface area contributed by atoms with Gasteiger partial charge in [-0.1, -0.05) is 32.8 Å². The Morgan fingerprint density at radius 1 is 0.789 bits per heavy atom. The topological polar surface area (TPSA) is 72.5 Å². The van der Waals surface area contributed by atoms with Crippen LogP contribution in [0.15, 0.2) is 24.3 Å². The summed E-state index contributed by atoms with van der Waals surface area (Å²) in [6.45, 7) is 6.46. The molecule has 7 nitrogen and oxygen atoms in total. The van der Waals surface area contributed by atoms with Gasteiger partial charge in [0.05, 0.1) is 48.2 Å². The van der Waals surface area contributed by atoms with Gasteiger partial charge in [0.2, 0.25) is 5.75 Å². The van der Waals surface area contributed by atoms with Gasteiger partial charge in [0.15, 0.2) is 23.0 Å². The number of esters is 1. The minimum Gasteiger partial charge on any atom is -0.493 e. The Balaban J connectivity index is 2.59. The Hall–Kier alpha value is -3.61. The fourth-order valence-electron chi connectivity index (χ4n) is 5.29. The van der Waals surface area contributed by atoms with Crippen LogP contribution >= 0.6 is 0 Å². The fourth-order valence-corrected chi connectivity index (χ4v) is 5.29. The lowest BCUT2D eigenvalue weighted by Gasteiger charge is -2.24. The maximum absolute atomic E-state index is 13.6. The number of methoxy groups -OCH3 is 6. The largest absolute Gasteiger partial charge is 0.493 e. The van der Waals surface area contributed by atoms with Crippen LogP contribution in [0.1, 0.15) is 54.6 Å². The minimum absolute atomic E-state index is 0.406. The SMILES string of the molecule is CCC(CC)CCc1c(C(=O)OC)c(-c2ccc(OC)c(OC)c2)c2c(OC)c(OC)c(OC)cc2c1C. The standard InChI is InChI=1S/C31H40O7/c1-10-19(11-2)12-14-21-18(3)22-17-25(35-6)29(36-7)30(37-8)27(22)26(28(21)31(32)38-9)20-13-15-23(33-4)24(16-20)34-5/h13,15-17,19H,10-12,14H2,1-9H3. The van der Waals surface area contributed by atoms with E-state index in [1.54, 1.807) is 35.5 Å². The van der Waals surface area contributed by atoms with Crippen LogP contribution in [0.25, 0.3) is 21.9 Å². The second-order valence-corrected chi connectivity index (χ2v) is 9.20. The molecule has 0 bridgehead atoms. The molecule has 38 heavy (non-hydrogen) atoms. The van der Waals surface area contributed by atoms with Gasteiger partial charge in [-0.05, 0) is 66.0 Å². The monoisotopic (exact) mass is 524 g/mol.